The number of sulfonamides is 2. The third-order valence-corrected chi connectivity index (χ3v) is 24.4. The summed E-state index contributed by atoms with van der Waals surface area (Å²) in [4.78, 5) is 98.2. The van der Waals surface area contributed by atoms with Crippen LogP contribution in [0.15, 0.2) is 248 Å². The molecular formula is C87H77Cl5F6N20O9S2. The van der Waals surface area contributed by atoms with Crippen molar-refractivity contribution in [1.82, 2.24) is 73.0 Å². The first-order valence-corrected chi connectivity index (χ1v) is 44.1. The normalized spacial score (nSPS) is 13.0. The molecule has 2 fully saturated rings. The molecule has 0 spiro atoms. The van der Waals surface area contributed by atoms with Gasteiger partial charge in [0.2, 0.25) is 31.9 Å². The van der Waals surface area contributed by atoms with Crippen LogP contribution in [0.1, 0.15) is 84.1 Å². The molecule has 0 aliphatic carbocycles. The van der Waals surface area contributed by atoms with Crippen molar-refractivity contribution in [2.45, 2.75) is 61.3 Å². The molecule has 10 heterocycles. The van der Waals surface area contributed by atoms with Crippen LogP contribution >= 0.6 is 58.0 Å². The van der Waals surface area contributed by atoms with E-state index in [9.17, 15) is 67.2 Å². The number of rotatable bonds is 25. The predicted octanol–water partition coefficient (Wildman–Crippen LogP) is 17.2. The number of carbonyl (C=O) groups excluding carboxylic acids is 5. The Kier molecular flexibility index (Phi) is 32.1. The highest BCUT2D eigenvalue weighted by atomic mass is 35.5. The molecule has 42 heteroatoms. The third kappa shape index (κ3) is 26.1. The number of hydrogen-bond donors (Lipinski definition) is 6. The van der Waals surface area contributed by atoms with E-state index in [1.54, 1.807) is 91.8 Å². The van der Waals surface area contributed by atoms with Crippen molar-refractivity contribution < 1.29 is 67.2 Å². The molecule has 5 amide bonds. The van der Waals surface area contributed by atoms with E-state index in [0.29, 0.717) is 153 Å². The molecule has 129 heavy (non-hydrogen) atoms. The molecule has 668 valence electrons. The van der Waals surface area contributed by atoms with Gasteiger partial charge in [-0.25, -0.2) is 41.5 Å². The van der Waals surface area contributed by atoms with Gasteiger partial charge >= 0.3 is 12.4 Å². The zero-order chi connectivity index (χ0) is 92.2. The fourth-order valence-corrected chi connectivity index (χ4v) is 16.3. The Bertz CT molecular complexity index is 6380. The van der Waals surface area contributed by atoms with E-state index in [0.717, 1.165) is 54.3 Å². The lowest BCUT2D eigenvalue weighted by molar-refractivity contribution is -0.141. The molecule has 6 N–H and O–H groups in total. The van der Waals surface area contributed by atoms with Gasteiger partial charge < -0.3 is 35.6 Å². The minimum absolute atomic E-state index is 0.0932. The number of anilines is 5. The molecule has 0 saturated carbocycles. The lowest BCUT2D eigenvalue weighted by Gasteiger charge is -2.31. The Hall–Kier alpha value is -12.7. The van der Waals surface area contributed by atoms with E-state index in [-0.39, 0.29) is 62.3 Å². The largest absolute Gasteiger partial charge is 0.433 e. The van der Waals surface area contributed by atoms with Gasteiger partial charge in [-0.2, -0.15) is 40.3 Å². The number of nitrogens with zero attached hydrogens (tertiary/aromatic N) is 14. The van der Waals surface area contributed by atoms with Crippen LogP contribution in [0, 0.1) is 6.92 Å². The summed E-state index contributed by atoms with van der Waals surface area (Å²) < 4.78 is 133. The van der Waals surface area contributed by atoms with Crippen molar-refractivity contribution >= 4 is 136 Å². The Morgan fingerprint density at radius 2 is 1.03 bits per heavy atom. The fourth-order valence-electron chi connectivity index (χ4n) is 12.7. The number of halogens is 11. The number of aromatic nitrogens is 11. The highest BCUT2D eigenvalue weighted by Gasteiger charge is 2.35. The van der Waals surface area contributed by atoms with Crippen molar-refractivity contribution in [3.8, 4) is 39.6 Å². The van der Waals surface area contributed by atoms with Crippen molar-refractivity contribution in [2.24, 2.45) is 0 Å². The van der Waals surface area contributed by atoms with E-state index in [1.165, 1.54) is 52.8 Å². The first-order valence-electron chi connectivity index (χ1n) is 39.2. The van der Waals surface area contributed by atoms with Crippen molar-refractivity contribution in [3.05, 3.63) is 302 Å². The lowest BCUT2D eigenvalue weighted by atomic mass is 10.1. The second kappa shape index (κ2) is 43.4. The second-order valence-corrected chi connectivity index (χ2v) is 34.2. The van der Waals surface area contributed by atoms with Gasteiger partial charge in [-0.15, -0.1) is 5.10 Å². The zero-order valence-corrected chi connectivity index (χ0v) is 73.5. The minimum atomic E-state index is -4.74. The second-order valence-electron chi connectivity index (χ2n) is 28.5. The first-order chi connectivity index (χ1) is 61.6. The number of imidazole rings is 1. The van der Waals surface area contributed by atoms with E-state index >= 15 is 0 Å². The van der Waals surface area contributed by atoms with Crippen LogP contribution in [-0.4, -0.2) is 174 Å². The summed E-state index contributed by atoms with van der Waals surface area (Å²) in [6, 6.07) is 49.6. The molecule has 0 bridgehead atoms. The molecular weight excluding hydrogens is 1820 g/mol. The molecule has 8 aromatic heterocycles. The molecule has 2 saturated heterocycles. The van der Waals surface area contributed by atoms with Crippen LogP contribution in [0.4, 0.5) is 55.2 Å². The fraction of sp³-hybridized carbons (Fsp3) is 0.195. The Balaban J connectivity index is 0.000000156. The van der Waals surface area contributed by atoms with Crippen molar-refractivity contribution in [1.29, 1.82) is 0 Å². The number of aryl methyl sites for hydroxylation is 2. The number of likely N-dealkylation sites (N-methyl/N-ethyl adjacent to an activating group) is 1. The van der Waals surface area contributed by atoms with Gasteiger partial charge in [0, 0.05) is 147 Å². The summed E-state index contributed by atoms with van der Waals surface area (Å²) in [5, 5.41) is 18.3. The van der Waals surface area contributed by atoms with E-state index in [1.807, 2.05) is 90.3 Å². The van der Waals surface area contributed by atoms with Gasteiger partial charge in [0.15, 0.2) is 5.82 Å². The van der Waals surface area contributed by atoms with Gasteiger partial charge in [0.05, 0.1) is 75.7 Å². The first kappa shape index (κ1) is 95.4. The standard InChI is InChI=1S/C25H26ClN5O2.C24H22ClN5O3S.C23H23ClN4O3S.C15H6Cl2F6N6O/c1-17-19(9-11-23(29-17)28-13-5-15-31-14-4-7-24(31)32)25(33)30-18-8-10-21(26)20(16-18)22-6-2-3-12-27-22;25-22-10-7-19(16-21(22)23-4-1-2-11-27-23)29-24(31)18-5-8-20(9-6-18)34(32,33)28-12-3-14-30-15-13-26-17-30;1-27-12-14-28(15-13-27)32(30,31)19-8-5-17(6-9-19)23(29)26-18-7-10-21(24)20(16-18)22-4-2-3-11-25-22;16-8-3-6(14(18,19)20)4-24-11(8)29-5-25-13(28-29)27-12(30)7-1-2-9(15(21,22)23)26-10(7)17/h2-3,6,8-12,16H,4-5,7,13-15H2,1H3,(H,28,29)(H,30,33);1-2,4-11,13,15-17,28H,3,12,14H2,(H,29,31);2-11,16H,12-15H2,1H3,(H,26,29);1-5H,(H,27,28,30). The maximum absolute atomic E-state index is 12.9. The molecule has 2 aliphatic rings. The van der Waals surface area contributed by atoms with Crippen LogP contribution in [0.3, 0.4) is 0 Å². The molecule has 5 aromatic carbocycles. The SMILES string of the molecule is CN1CCN(S(=O)(=O)c2ccc(C(=O)Nc3ccc(Cl)c(-c4ccccn4)c3)cc2)CC1.Cc1nc(NCCCN2CCCC2=O)ccc1C(=O)Nc1ccc(Cl)c(-c2ccccn2)c1.O=C(Nc1ccc(Cl)c(-c2ccccn2)c1)c1ccc(S(=O)(=O)NCCCn2ccnc2)cc1.O=C(Nc1ncn(-c2ncc(C(F)(F)F)cc2Cl)n1)c1ccc(C(F)(F)F)nc1Cl. The quantitative estimate of drug-likeness (QED) is 0.0176. The number of amides is 5. The minimum Gasteiger partial charge on any atom is -0.370 e. The summed E-state index contributed by atoms with van der Waals surface area (Å²) >= 11 is 30.4. The number of carbonyl (C=O) groups is 5. The van der Waals surface area contributed by atoms with Gasteiger partial charge in [0.25, 0.3) is 23.6 Å². The third-order valence-electron chi connectivity index (χ3n) is 19.5. The summed E-state index contributed by atoms with van der Waals surface area (Å²) in [6.07, 6.45) is 5.47. The Labute approximate surface area is 760 Å². The van der Waals surface area contributed by atoms with E-state index in [2.05, 4.69) is 81.2 Å². The lowest BCUT2D eigenvalue weighted by Crippen LogP contribution is -2.47. The number of alkyl halides is 6. The highest BCUT2D eigenvalue weighted by molar-refractivity contribution is 7.89. The molecule has 29 nitrogen and oxygen atoms in total. The van der Waals surface area contributed by atoms with Crippen molar-refractivity contribution in [3.63, 3.8) is 0 Å². The molecule has 0 unspecified atom stereocenters. The van der Waals surface area contributed by atoms with E-state index < -0.39 is 54.7 Å². The average Bonchev–Trinajstić information content (AvgIpc) is 1.52. The molecule has 0 atom stereocenters. The van der Waals surface area contributed by atoms with Crippen molar-refractivity contribution in [2.75, 3.05) is 86.0 Å². The summed E-state index contributed by atoms with van der Waals surface area (Å²) in [5.41, 5.74) is 5.09. The predicted molar refractivity (Wildman–Crippen MR) is 478 cm³/mol. The summed E-state index contributed by atoms with van der Waals surface area (Å²) in [7, 11) is -5.28. The van der Waals surface area contributed by atoms with Crippen LogP contribution in [0.5, 0.6) is 0 Å². The van der Waals surface area contributed by atoms with Gasteiger partial charge in [-0.3, -0.25) is 44.2 Å². The number of nitrogens with one attached hydrogen (secondary N) is 6. The average molecular weight is 1900 g/mol. The maximum Gasteiger partial charge on any atom is 0.433 e. The Morgan fingerprint density at radius 3 is 1.51 bits per heavy atom. The van der Waals surface area contributed by atoms with Crippen LogP contribution in [-0.2, 0) is 43.7 Å². The summed E-state index contributed by atoms with van der Waals surface area (Å²) in [5.74, 6) is -1.51. The molecule has 15 rings (SSSR count). The van der Waals surface area contributed by atoms with Crippen LogP contribution in [0.2, 0.25) is 25.2 Å². The monoisotopic (exact) mass is 1900 g/mol. The number of hydrogen-bond acceptors (Lipinski definition) is 20. The Morgan fingerprint density at radius 1 is 0.504 bits per heavy atom. The maximum atomic E-state index is 12.9. The number of likely N-dealkylation sites (tertiary alicyclic amines) is 1. The smallest absolute Gasteiger partial charge is 0.370 e. The zero-order valence-electron chi connectivity index (χ0n) is 68.1. The van der Waals surface area contributed by atoms with Gasteiger partial charge in [-0.05, 0) is 203 Å². The number of piperazine rings is 1. The van der Waals surface area contributed by atoms with Crippen LogP contribution < -0.4 is 31.3 Å². The molecule has 2 aliphatic heterocycles. The molecule has 13 aromatic rings. The molecule has 0 radical (unpaired) electrons. The topological polar surface area (TPSA) is 361 Å². The van der Waals surface area contributed by atoms with Gasteiger partial charge in [-0.1, -0.05) is 76.2 Å². The number of pyridine rings is 6. The van der Waals surface area contributed by atoms with Gasteiger partial charge in [0.1, 0.15) is 23.0 Å². The highest BCUT2D eigenvalue weighted by Crippen LogP contribution is 2.36. The van der Waals surface area contributed by atoms with E-state index in [4.69, 9.17) is 58.0 Å². The summed E-state index contributed by atoms with van der Waals surface area (Å²) in [6.45, 7) is 7.39. The number of benzene rings is 5. The van der Waals surface area contributed by atoms with Crippen LogP contribution in [0.25, 0.3) is 39.6 Å².